The monoisotopic (exact) mass is 446 g/mol. The molecule has 2 aliphatic rings. The molecule has 0 saturated carbocycles. The van der Waals surface area contributed by atoms with Gasteiger partial charge in [0.05, 0.1) is 24.6 Å². The molecule has 0 bridgehead atoms. The van der Waals surface area contributed by atoms with Crippen molar-refractivity contribution < 1.29 is 9.84 Å². The molecule has 6 heteroatoms. The van der Waals surface area contributed by atoms with Gasteiger partial charge in [-0.05, 0) is 69.6 Å². The van der Waals surface area contributed by atoms with Gasteiger partial charge in [0.2, 0.25) is 0 Å². The molecular formula is C27H34N4O2. The highest BCUT2D eigenvalue weighted by molar-refractivity contribution is 5.65. The number of benzene rings is 2. The van der Waals surface area contributed by atoms with E-state index in [4.69, 9.17) is 9.84 Å². The molecule has 1 N–H and O–H groups in total. The van der Waals surface area contributed by atoms with Crippen molar-refractivity contribution in [1.82, 2.24) is 19.6 Å². The minimum Gasteiger partial charge on any atom is -0.497 e. The van der Waals surface area contributed by atoms with Gasteiger partial charge in [0.25, 0.3) is 0 Å². The predicted molar refractivity (Wildman–Crippen MR) is 131 cm³/mol. The van der Waals surface area contributed by atoms with Crippen molar-refractivity contribution in [3.63, 3.8) is 0 Å². The third-order valence-electron chi connectivity index (χ3n) is 7.05. The minimum absolute atomic E-state index is 0.147. The van der Waals surface area contributed by atoms with Crippen LogP contribution >= 0.6 is 0 Å². The van der Waals surface area contributed by atoms with Crippen LogP contribution in [0.2, 0.25) is 0 Å². The van der Waals surface area contributed by atoms with Gasteiger partial charge in [-0.3, -0.25) is 9.80 Å². The Morgan fingerprint density at radius 3 is 2.58 bits per heavy atom. The van der Waals surface area contributed by atoms with Crippen LogP contribution in [0.5, 0.6) is 5.75 Å². The van der Waals surface area contributed by atoms with Crippen molar-refractivity contribution >= 4 is 0 Å². The molecular weight excluding hydrogens is 412 g/mol. The topological polar surface area (TPSA) is 53.8 Å². The molecule has 1 atom stereocenters. The molecule has 33 heavy (non-hydrogen) atoms. The Morgan fingerprint density at radius 2 is 1.82 bits per heavy atom. The zero-order valence-electron chi connectivity index (χ0n) is 19.4. The van der Waals surface area contributed by atoms with E-state index in [1.54, 1.807) is 7.11 Å². The molecule has 0 spiro atoms. The van der Waals surface area contributed by atoms with E-state index in [2.05, 4.69) is 40.3 Å². The third kappa shape index (κ3) is 5.13. The molecule has 1 aromatic heterocycles. The lowest BCUT2D eigenvalue weighted by Crippen LogP contribution is -2.49. The molecule has 174 valence electrons. The normalized spacial score (nSPS) is 20.7. The minimum atomic E-state index is -0.147. The van der Waals surface area contributed by atoms with Crippen LogP contribution in [0.15, 0.2) is 60.8 Å². The van der Waals surface area contributed by atoms with Gasteiger partial charge in [-0.2, -0.15) is 5.10 Å². The summed E-state index contributed by atoms with van der Waals surface area (Å²) < 4.78 is 7.46. The van der Waals surface area contributed by atoms with Crippen LogP contribution in [0.3, 0.4) is 0 Å². The number of ether oxygens (including phenoxy) is 1. The summed E-state index contributed by atoms with van der Waals surface area (Å²) in [7, 11) is 1.70. The molecule has 1 unspecified atom stereocenters. The highest BCUT2D eigenvalue weighted by Crippen LogP contribution is 2.29. The first-order valence-electron chi connectivity index (χ1n) is 12.1. The maximum Gasteiger partial charge on any atom is 0.119 e. The van der Waals surface area contributed by atoms with Gasteiger partial charge in [-0.1, -0.05) is 30.3 Å². The van der Waals surface area contributed by atoms with E-state index < -0.39 is 0 Å². The quantitative estimate of drug-likeness (QED) is 0.621. The second kappa shape index (κ2) is 10.1. The first kappa shape index (κ1) is 22.1. The van der Waals surface area contributed by atoms with Crippen LogP contribution in [0.4, 0.5) is 0 Å². The number of β-amino-alcohol motifs (C(OH)–C–C–N with tert-alkyl or cyclic N) is 1. The lowest BCUT2D eigenvalue weighted by Gasteiger charge is -2.41. The zero-order valence-corrected chi connectivity index (χ0v) is 19.4. The van der Waals surface area contributed by atoms with Crippen LogP contribution in [0.25, 0.3) is 16.9 Å². The average molecular weight is 447 g/mol. The largest absolute Gasteiger partial charge is 0.497 e. The fraction of sp³-hybridized carbons (Fsp3) is 0.444. The fourth-order valence-electron chi connectivity index (χ4n) is 5.25. The summed E-state index contributed by atoms with van der Waals surface area (Å²) in [5, 5.41) is 15.0. The summed E-state index contributed by atoms with van der Waals surface area (Å²) in [6, 6.07) is 19.1. The third-order valence-corrected chi connectivity index (χ3v) is 7.05. The summed E-state index contributed by atoms with van der Waals surface area (Å²) in [5.41, 5.74) is 4.39. The zero-order chi connectivity index (χ0) is 22.6. The van der Waals surface area contributed by atoms with Crippen LogP contribution in [-0.2, 0) is 6.54 Å². The first-order valence-corrected chi connectivity index (χ1v) is 12.1. The number of hydrogen-bond donors (Lipinski definition) is 1. The summed E-state index contributed by atoms with van der Waals surface area (Å²) >= 11 is 0. The molecule has 2 fully saturated rings. The van der Waals surface area contributed by atoms with E-state index in [1.807, 2.05) is 35.0 Å². The SMILES string of the molecule is COc1cccc(-c2nn(-c3ccccc3)cc2CN2CCC(N3CCCC(O)C3)CC2)c1. The second-order valence-electron chi connectivity index (χ2n) is 9.31. The van der Waals surface area contributed by atoms with E-state index in [-0.39, 0.29) is 6.10 Å². The molecule has 5 rings (SSSR count). The summed E-state index contributed by atoms with van der Waals surface area (Å²) in [4.78, 5) is 5.06. The van der Waals surface area contributed by atoms with Gasteiger partial charge in [0.15, 0.2) is 0 Å². The summed E-state index contributed by atoms with van der Waals surface area (Å²) in [6.07, 6.45) is 6.42. The molecule has 3 heterocycles. The number of aliphatic hydroxyl groups is 1. The lowest BCUT2D eigenvalue weighted by molar-refractivity contribution is 0.0243. The Morgan fingerprint density at radius 1 is 1.00 bits per heavy atom. The van der Waals surface area contributed by atoms with Crippen LogP contribution in [-0.4, -0.2) is 70.1 Å². The number of rotatable bonds is 6. The predicted octanol–water partition coefficient (Wildman–Crippen LogP) is 3.97. The highest BCUT2D eigenvalue weighted by atomic mass is 16.5. The van der Waals surface area contributed by atoms with E-state index in [1.165, 1.54) is 5.56 Å². The Kier molecular flexibility index (Phi) is 6.76. The van der Waals surface area contributed by atoms with Gasteiger partial charge in [-0.15, -0.1) is 0 Å². The lowest BCUT2D eigenvalue weighted by atomic mass is 9.98. The number of piperidine rings is 2. The van der Waals surface area contributed by atoms with Crippen molar-refractivity contribution in [3.05, 3.63) is 66.4 Å². The number of para-hydroxylation sites is 1. The van der Waals surface area contributed by atoms with Crippen molar-refractivity contribution in [2.75, 3.05) is 33.3 Å². The number of methoxy groups -OCH3 is 1. The van der Waals surface area contributed by atoms with E-state index in [0.717, 1.165) is 81.1 Å². The van der Waals surface area contributed by atoms with Crippen molar-refractivity contribution in [2.24, 2.45) is 0 Å². The van der Waals surface area contributed by atoms with Crippen molar-refractivity contribution in [1.29, 1.82) is 0 Å². The summed E-state index contributed by atoms with van der Waals surface area (Å²) in [6.45, 7) is 5.01. The fourth-order valence-corrected chi connectivity index (χ4v) is 5.25. The van der Waals surface area contributed by atoms with Gasteiger partial charge < -0.3 is 9.84 Å². The van der Waals surface area contributed by atoms with Gasteiger partial charge >= 0.3 is 0 Å². The number of likely N-dealkylation sites (tertiary alicyclic amines) is 2. The molecule has 0 amide bonds. The molecule has 0 aliphatic carbocycles. The Balaban J connectivity index is 1.34. The van der Waals surface area contributed by atoms with Gasteiger partial charge in [-0.25, -0.2) is 4.68 Å². The number of nitrogens with zero attached hydrogens (tertiary/aromatic N) is 4. The van der Waals surface area contributed by atoms with Gasteiger partial charge in [0.1, 0.15) is 5.75 Å². The van der Waals surface area contributed by atoms with Gasteiger partial charge in [0, 0.05) is 36.5 Å². The highest BCUT2D eigenvalue weighted by Gasteiger charge is 2.28. The average Bonchev–Trinajstić information content (AvgIpc) is 3.29. The Hall–Kier alpha value is -2.67. The first-order chi connectivity index (χ1) is 16.2. The molecule has 2 aliphatic heterocycles. The number of aromatic nitrogens is 2. The second-order valence-corrected chi connectivity index (χ2v) is 9.31. The van der Waals surface area contributed by atoms with Crippen LogP contribution < -0.4 is 4.74 Å². The Labute approximate surface area is 196 Å². The van der Waals surface area contributed by atoms with Crippen molar-refractivity contribution in [3.8, 4) is 22.7 Å². The van der Waals surface area contributed by atoms with E-state index in [0.29, 0.717) is 6.04 Å². The maximum atomic E-state index is 10.1. The molecule has 3 aromatic rings. The molecule has 2 aromatic carbocycles. The van der Waals surface area contributed by atoms with E-state index in [9.17, 15) is 5.11 Å². The number of aliphatic hydroxyl groups excluding tert-OH is 1. The summed E-state index contributed by atoms with van der Waals surface area (Å²) in [5.74, 6) is 0.845. The smallest absolute Gasteiger partial charge is 0.119 e. The standard InChI is InChI=1S/C27H34N4O2/c1-33-26-11-5-7-21(17-26)27-22(19-31(28-27)24-8-3-2-4-9-24)18-29-15-12-23(13-16-29)30-14-6-10-25(32)20-30/h2-5,7-9,11,17,19,23,25,32H,6,10,12-16,18,20H2,1H3. The molecule has 6 nitrogen and oxygen atoms in total. The number of hydrogen-bond acceptors (Lipinski definition) is 5. The maximum absolute atomic E-state index is 10.1. The Bertz CT molecular complexity index is 1040. The molecule has 2 saturated heterocycles. The van der Waals surface area contributed by atoms with Crippen LogP contribution in [0, 0.1) is 0 Å². The molecule has 0 radical (unpaired) electrons. The van der Waals surface area contributed by atoms with Crippen LogP contribution in [0.1, 0.15) is 31.2 Å². The van der Waals surface area contributed by atoms with E-state index >= 15 is 0 Å². The van der Waals surface area contributed by atoms with Crippen molar-refractivity contribution in [2.45, 2.75) is 44.4 Å².